The molecule has 5 nitrogen and oxygen atoms in total. The van der Waals surface area contributed by atoms with Crippen molar-refractivity contribution in [3.63, 3.8) is 0 Å². The fraction of sp³-hybridized carbons (Fsp3) is 0.304. The van der Waals surface area contributed by atoms with Crippen LogP contribution in [0.4, 0.5) is 5.69 Å². The average molecular weight is 413 g/mol. The molecule has 1 amide bonds. The fourth-order valence-corrected chi connectivity index (χ4v) is 4.05. The van der Waals surface area contributed by atoms with Crippen molar-refractivity contribution < 1.29 is 9.53 Å². The molecule has 0 saturated heterocycles. The van der Waals surface area contributed by atoms with Crippen LogP contribution in [0.25, 0.3) is 10.9 Å². The first kappa shape index (κ1) is 20.9. The van der Waals surface area contributed by atoms with Crippen molar-refractivity contribution in [3.05, 3.63) is 68.5 Å². The Morgan fingerprint density at radius 3 is 2.48 bits per heavy atom. The Kier molecular flexibility index (Phi) is 5.99. The van der Waals surface area contributed by atoms with Gasteiger partial charge in [0, 0.05) is 17.1 Å². The number of pyridine rings is 1. The highest BCUT2D eigenvalue weighted by molar-refractivity contribution is 6.32. The predicted molar refractivity (Wildman–Crippen MR) is 118 cm³/mol. The second-order valence-corrected chi connectivity index (χ2v) is 7.68. The number of halogens is 1. The molecule has 0 saturated carbocycles. The summed E-state index contributed by atoms with van der Waals surface area (Å²) in [5, 5.41) is 4.27. The van der Waals surface area contributed by atoms with Crippen LogP contribution in [0.1, 0.15) is 36.1 Å². The molecule has 0 aliphatic rings. The molecule has 0 aliphatic heterocycles. The van der Waals surface area contributed by atoms with Gasteiger partial charge in [0.15, 0.2) is 0 Å². The lowest BCUT2D eigenvalue weighted by atomic mass is 10.0. The van der Waals surface area contributed by atoms with Crippen LogP contribution < -0.4 is 15.6 Å². The molecule has 1 aromatic heterocycles. The summed E-state index contributed by atoms with van der Waals surface area (Å²) in [6, 6.07) is 10.1. The van der Waals surface area contributed by atoms with Gasteiger partial charge in [0.2, 0.25) is 5.91 Å². The van der Waals surface area contributed by atoms with Gasteiger partial charge < -0.3 is 10.1 Å². The van der Waals surface area contributed by atoms with Crippen molar-refractivity contribution in [2.75, 3.05) is 12.4 Å². The molecule has 3 aromatic rings. The van der Waals surface area contributed by atoms with E-state index in [9.17, 15) is 9.59 Å². The minimum absolute atomic E-state index is 0.184. The zero-order chi connectivity index (χ0) is 21.3. The molecule has 0 fully saturated rings. The second kappa shape index (κ2) is 8.29. The molecule has 1 unspecified atom stereocenters. The summed E-state index contributed by atoms with van der Waals surface area (Å²) < 4.78 is 6.76. The third-order valence-corrected chi connectivity index (χ3v) is 5.40. The number of ether oxygens (including phenoxy) is 1. The Hall–Kier alpha value is -2.79. The van der Waals surface area contributed by atoms with Crippen LogP contribution in [0.5, 0.6) is 5.75 Å². The largest absolute Gasteiger partial charge is 0.495 e. The summed E-state index contributed by atoms with van der Waals surface area (Å²) in [6.45, 7) is 7.82. The average Bonchev–Trinajstić information content (AvgIpc) is 2.65. The van der Waals surface area contributed by atoms with Crippen molar-refractivity contribution in [3.8, 4) is 5.75 Å². The number of carbonyl (C=O) groups is 1. The van der Waals surface area contributed by atoms with Crippen molar-refractivity contribution in [2.24, 2.45) is 0 Å². The number of rotatable bonds is 5. The minimum atomic E-state index is -0.645. The Morgan fingerprint density at radius 1 is 1.14 bits per heavy atom. The molecule has 6 heteroatoms. The quantitative estimate of drug-likeness (QED) is 0.628. The van der Waals surface area contributed by atoms with Gasteiger partial charge in [-0.1, -0.05) is 30.2 Å². The first-order chi connectivity index (χ1) is 13.8. The van der Waals surface area contributed by atoms with Crippen molar-refractivity contribution >= 4 is 34.1 Å². The molecule has 2 aromatic carbocycles. The van der Waals surface area contributed by atoms with E-state index < -0.39 is 6.04 Å². The first-order valence-corrected chi connectivity index (χ1v) is 9.92. The molecular formula is C23H25ClN2O3. The van der Waals surface area contributed by atoms with Gasteiger partial charge in [-0.15, -0.1) is 0 Å². The standard InChI is InChI=1S/C23H25ClN2O3/c1-6-19(23(28)25-16-7-8-20(29-5)18(24)12-16)26-21(27)11-14(3)17-10-13(2)9-15(4)22(17)26/h7-12,19H,6H2,1-5H3,(H,25,28). The summed E-state index contributed by atoms with van der Waals surface area (Å²) in [4.78, 5) is 26.1. The van der Waals surface area contributed by atoms with Gasteiger partial charge >= 0.3 is 0 Å². The number of carbonyl (C=O) groups excluding carboxylic acids is 1. The Bertz CT molecular complexity index is 1150. The summed E-state index contributed by atoms with van der Waals surface area (Å²) in [5.74, 6) is 0.268. The molecule has 29 heavy (non-hydrogen) atoms. The highest BCUT2D eigenvalue weighted by Gasteiger charge is 2.23. The smallest absolute Gasteiger partial charge is 0.252 e. The number of nitrogens with zero attached hydrogens (tertiary/aromatic N) is 1. The number of aromatic nitrogens is 1. The molecule has 3 rings (SSSR count). The SMILES string of the molecule is CCC(C(=O)Nc1ccc(OC)c(Cl)c1)n1c(=O)cc(C)c2cc(C)cc(C)c21. The molecule has 1 N–H and O–H groups in total. The van der Waals surface area contributed by atoms with Crippen molar-refractivity contribution in [1.29, 1.82) is 0 Å². The lowest BCUT2D eigenvalue weighted by molar-refractivity contribution is -0.119. The van der Waals surface area contributed by atoms with Crippen LogP contribution in [0.15, 0.2) is 41.2 Å². The molecule has 0 spiro atoms. The van der Waals surface area contributed by atoms with Crippen molar-refractivity contribution in [2.45, 2.75) is 40.2 Å². The number of benzene rings is 2. The molecule has 0 bridgehead atoms. The fourth-order valence-electron chi connectivity index (χ4n) is 3.79. The molecule has 152 valence electrons. The number of fused-ring (bicyclic) bond motifs is 1. The zero-order valence-corrected chi connectivity index (χ0v) is 18.1. The molecule has 1 heterocycles. The van der Waals surface area contributed by atoms with E-state index in [1.54, 1.807) is 28.8 Å². The Labute approximate surface area is 175 Å². The lowest BCUT2D eigenvalue weighted by Crippen LogP contribution is -2.33. The Morgan fingerprint density at radius 2 is 1.86 bits per heavy atom. The maximum Gasteiger partial charge on any atom is 0.252 e. The van der Waals surface area contributed by atoms with E-state index >= 15 is 0 Å². The van der Waals surface area contributed by atoms with Crippen LogP contribution in [-0.2, 0) is 4.79 Å². The minimum Gasteiger partial charge on any atom is -0.495 e. The van der Waals surface area contributed by atoms with Gasteiger partial charge in [0.1, 0.15) is 11.8 Å². The lowest BCUT2D eigenvalue weighted by Gasteiger charge is -2.22. The van der Waals surface area contributed by atoms with E-state index in [0.29, 0.717) is 22.9 Å². The third-order valence-electron chi connectivity index (χ3n) is 5.11. The maximum atomic E-state index is 13.1. The number of amides is 1. The van der Waals surface area contributed by atoms with E-state index in [0.717, 1.165) is 27.6 Å². The Balaban J connectivity index is 2.08. The zero-order valence-electron chi connectivity index (χ0n) is 17.3. The van der Waals surface area contributed by atoms with Gasteiger partial charge in [-0.2, -0.15) is 0 Å². The van der Waals surface area contributed by atoms with E-state index in [2.05, 4.69) is 11.4 Å². The van der Waals surface area contributed by atoms with E-state index in [4.69, 9.17) is 16.3 Å². The summed E-state index contributed by atoms with van der Waals surface area (Å²) in [7, 11) is 1.53. The number of methoxy groups -OCH3 is 1. The van der Waals surface area contributed by atoms with Gasteiger partial charge in [-0.3, -0.25) is 14.2 Å². The third kappa shape index (κ3) is 4.01. The van der Waals surface area contributed by atoms with Gasteiger partial charge in [0.05, 0.1) is 17.6 Å². The van der Waals surface area contributed by atoms with Crippen LogP contribution >= 0.6 is 11.6 Å². The predicted octanol–water partition coefficient (Wildman–Crippen LogP) is 5.18. The summed E-state index contributed by atoms with van der Waals surface area (Å²) >= 11 is 6.17. The second-order valence-electron chi connectivity index (χ2n) is 7.28. The van der Waals surface area contributed by atoms with Crippen LogP contribution in [0.2, 0.25) is 5.02 Å². The van der Waals surface area contributed by atoms with E-state index in [-0.39, 0.29) is 11.5 Å². The maximum absolute atomic E-state index is 13.1. The van der Waals surface area contributed by atoms with Gasteiger partial charge in [-0.25, -0.2) is 0 Å². The monoisotopic (exact) mass is 412 g/mol. The van der Waals surface area contributed by atoms with Crippen LogP contribution in [-0.4, -0.2) is 17.6 Å². The highest BCUT2D eigenvalue weighted by Crippen LogP contribution is 2.29. The number of hydrogen-bond donors (Lipinski definition) is 1. The number of aryl methyl sites for hydroxylation is 3. The topological polar surface area (TPSA) is 60.3 Å². The molecule has 1 atom stereocenters. The van der Waals surface area contributed by atoms with E-state index in [1.807, 2.05) is 33.8 Å². The summed E-state index contributed by atoms with van der Waals surface area (Å²) in [5.41, 5.74) is 4.17. The summed E-state index contributed by atoms with van der Waals surface area (Å²) in [6.07, 6.45) is 0.473. The van der Waals surface area contributed by atoms with Crippen molar-refractivity contribution in [1.82, 2.24) is 4.57 Å². The van der Waals surface area contributed by atoms with Gasteiger partial charge in [-0.05, 0) is 62.6 Å². The first-order valence-electron chi connectivity index (χ1n) is 9.54. The molecule has 0 radical (unpaired) electrons. The highest BCUT2D eigenvalue weighted by atomic mass is 35.5. The van der Waals surface area contributed by atoms with Crippen LogP contribution in [0.3, 0.4) is 0 Å². The number of hydrogen-bond acceptors (Lipinski definition) is 3. The van der Waals surface area contributed by atoms with Crippen LogP contribution in [0, 0.1) is 20.8 Å². The van der Waals surface area contributed by atoms with E-state index in [1.165, 1.54) is 7.11 Å². The molecule has 0 aliphatic carbocycles. The molecular weight excluding hydrogens is 388 g/mol. The normalized spacial score (nSPS) is 12.1. The number of nitrogens with one attached hydrogen (secondary N) is 1. The number of anilines is 1. The van der Waals surface area contributed by atoms with Gasteiger partial charge in [0.25, 0.3) is 5.56 Å².